The van der Waals surface area contributed by atoms with Gasteiger partial charge in [-0.05, 0) is 48.1 Å². The number of aromatic nitrogens is 1. The summed E-state index contributed by atoms with van der Waals surface area (Å²) in [5, 5.41) is 8.71. The zero-order valence-corrected chi connectivity index (χ0v) is 9.48. The first-order chi connectivity index (χ1) is 8.36. The molecule has 17 heavy (non-hydrogen) atoms. The number of hydrogen-bond acceptors (Lipinski definition) is 2. The Morgan fingerprint density at radius 2 is 1.82 bits per heavy atom. The maximum Gasteiger partial charge on any atom is 0.140 e. The van der Waals surface area contributed by atoms with Gasteiger partial charge in [-0.3, -0.25) is 0 Å². The van der Waals surface area contributed by atoms with E-state index < -0.39 is 0 Å². The third-order valence-electron chi connectivity index (χ3n) is 3.31. The molecule has 2 heteroatoms. The monoisotopic (exact) mass is 220 g/mol. The summed E-state index contributed by atoms with van der Waals surface area (Å²) < 4.78 is 0. The van der Waals surface area contributed by atoms with Crippen molar-refractivity contribution in [2.45, 2.75) is 19.3 Å². The molecule has 0 radical (unpaired) electrons. The van der Waals surface area contributed by atoms with Crippen LogP contribution in [0.3, 0.4) is 0 Å². The first-order valence-electron chi connectivity index (χ1n) is 5.85. The number of pyridine rings is 1. The number of rotatable bonds is 1. The van der Waals surface area contributed by atoms with Gasteiger partial charge < -0.3 is 0 Å². The van der Waals surface area contributed by atoms with Crippen molar-refractivity contribution in [3.8, 4) is 17.2 Å². The van der Waals surface area contributed by atoms with E-state index in [2.05, 4.69) is 23.2 Å². The molecule has 0 saturated heterocycles. The first-order valence-corrected chi connectivity index (χ1v) is 5.85. The summed E-state index contributed by atoms with van der Waals surface area (Å²) >= 11 is 0. The van der Waals surface area contributed by atoms with Crippen molar-refractivity contribution in [3.05, 3.63) is 53.3 Å². The molecule has 0 saturated carbocycles. The predicted octanol–water partition coefficient (Wildman–Crippen LogP) is 3.11. The Labute approximate surface area is 101 Å². The lowest BCUT2D eigenvalue weighted by Crippen LogP contribution is -1.87. The van der Waals surface area contributed by atoms with Crippen LogP contribution < -0.4 is 0 Å². The lowest BCUT2D eigenvalue weighted by Gasteiger charge is -2.04. The summed E-state index contributed by atoms with van der Waals surface area (Å²) in [6.07, 6.45) is 5.44. The van der Waals surface area contributed by atoms with Crippen LogP contribution in [0, 0.1) is 11.3 Å². The standard InChI is InChI=1S/C15H12N2/c16-9-15-7-6-14(10-17-15)13-5-4-11-2-1-3-12(11)8-13/h4-8,10H,1-3H2. The molecule has 0 unspecified atom stereocenters. The van der Waals surface area contributed by atoms with Crippen LogP contribution in [-0.2, 0) is 12.8 Å². The van der Waals surface area contributed by atoms with E-state index in [-0.39, 0.29) is 0 Å². The van der Waals surface area contributed by atoms with Crippen molar-refractivity contribution in [1.82, 2.24) is 4.98 Å². The summed E-state index contributed by atoms with van der Waals surface area (Å²) in [5.41, 5.74) is 5.69. The Hall–Kier alpha value is -2.14. The quantitative estimate of drug-likeness (QED) is 0.740. The molecule has 1 aliphatic rings. The first kappa shape index (κ1) is 10.0. The topological polar surface area (TPSA) is 36.7 Å². The van der Waals surface area contributed by atoms with E-state index in [1.54, 1.807) is 12.3 Å². The molecule has 0 fully saturated rings. The van der Waals surface area contributed by atoms with Crippen molar-refractivity contribution in [2.75, 3.05) is 0 Å². The molecule has 1 heterocycles. The Bertz CT molecular complexity index is 591. The van der Waals surface area contributed by atoms with E-state index in [0.717, 1.165) is 5.56 Å². The van der Waals surface area contributed by atoms with Gasteiger partial charge in [-0.25, -0.2) is 4.98 Å². The zero-order chi connectivity index (χ0) is 11.7. The Morgan fingerprint density at radius 1 is 1.00 bits per heavy atom. The Kier molecular flexibility index (Phi) is 2.38. The number of nitriles is 1. The zero-order valence-electron chi connectivity index (χ0n) is 9.48. The van der Waals surface area contributed by atoms with Crippen LogP contribution in [0.4, 0.5) is 0 Å². The van der Waals surface area contributed by atoms with E-state index in [9.17, 15) is 0 Å². The van der Waals surface area contributed by atoms with E-state index in [1.807, 2.05) is 12.1 Å². The van der Waals surface area contributed by atoms with Crippen LogP contribution in [-0.4, -0.2) is 4.98 Å². The van der Waals surface area contributed by atoms with Crippen molar-refractivity contribution >= 4 is 0 Å². The largest absolute Gasteiger partial charge is 0.245 e. The lowest BCUT2D eigenvalue weighted by molar-refractivity contribution is 0.912. The molecule has 2 nitrogen and oxygen atoms in total. The fourth-order valence-electron chi connectivity index (χ4n) is 2.38. The van der Waals surface area contributed by atoms with Gasteiger partial charge in [0.05, 0.1) is 0 Å². The van der Waals surface area contributed by atoms with Crippen LogP contribution in [0.2, 0.25) is 0 Å². The predicted molar refractivity (Wildman–Crippen MR) is 66.4 cm³/mol. The van der Waals surface area contributed by atoms with Gasteiger partial charge in [-0.2, -0.15) is 5.26 Å². The van der Waals surface area contributed by atoms with Crippen molar-refractivity contribution in [3.63, 3.8) is 0 Å². The average molecular weight is 220 g/mol. The van der Waals surface area contributed by atoms with Crippen LogP contribution in [0.15, 0.2) is 36.5 Å². The molecule has 82 valence electrons. The third-order valence-corrected chi connectivity index (χ3v) is 3.31. The van der Waals surface area contributed by atoms with Crippen LogP contribution in [0.1, 0.15) is 23.2 Å². The van der Waals surface area contributed by atoms with E-state index in [4.69, 9.17) is 5.26 Å². The van der Waals surface area contributed by atoms with Crippen molar-refractivity contribution < 1.29 is 0 Å². The highest BCUT2D eigenvalue weighted by atomic mass is 14.7. The number of benzene rings is 1. The van der Waals surface area contributed by atoms with Gasteiger partial charge in [-0.1, -0.05) is 18.2 Å². The van der Waals surface area contributed by atoms with Crippen LogP contribution >= 0.6 is 0 Å². The van der Waals surface area contributed by atoms with Gasteiger partial charge in [0.1, 0.15) is 11.8 Å². The number of aryl methyl sites for hydroxylation is 2. The molecule has 0 aliphatic heterocycles. The molecule has 3 rings (SSSR count). The van der Waals surface area contributed by atoms with Gasteiger partial charge in [0.2, 0.25) is 0 Å². The summed E-state index contributed by atoms with van der Waals surface area (Å²) in [5.74, 6) is 0. The summed E-state index contributed by atoms with van der Waals surface area (Å²) in [6.45, 7) is 0. The molecule has 1 aromatic heterocycles. The fourth-order valence-corrected chi connectivity index (χ4v) is 2.38. The van der Waals surface area contributed by atoms with Crippen molar-refractivity contribution in [2.24, 2.45) is 0 Å². The molecular formula is C15H12N2. The second-order valence-electron chi connectivity index (χ2n) is 4.38. The molecule has 0 amide bonds. The highest BCUT2D eigenvalue weighted by molar-refractivity contribution is 5.64. The minimum atomic E-state index is 0.468. The van der Waals surface area contributed by atoms with E-state index in [0.29, 0.717) is 5.69 Å². The summed E-state index contributed by atoms with van der Waals surface area (Å²) in [7, 11) is 0. The maximum atomic E-state index is 8.71. The number of nitrogens with zero attached hydrogens (tertiary/aromatic N) is 2. The molecule has 0 atom stereocenters. The third kappa shape index (κ3) is 1.81. The molecule has 1 aliphatic carbocycles. The van der Waals surface area contributed by atoms with Gasteiger partial charge >= 0.3 is 0 Å². The number of hydrogen-bond donors (Lipinski definition) is 0. The minimum Gasteiger partial charge on any atom is -0.245 e. The molecule has 0 N–H and O–H groups in total. The van der Waals surface area contributed by atoms with E-state index in [1.165, 1.54) is 36.0 Å². The summed E-state index contributed by atoms with van der Waals surface area (Å²) in [4.78, 5) is 4.11. The van der Waals surface area contributed by atoms with E-state index >= 15 is 0 Å². The molecular weight excluding hydrogens is 208 g/mol. The summed E-state index contributed by atoms with van der Waals surface area (Å²) in [6, 6.07) is 12.4. The molecule has 0 spiro atoms. The fraction of sp³-hybridized carbons (Fsp3) is 0.200. The molecule has 1 aromatic carbocycles. The second-order valence-corrected chi connectivity index (χ2v) is 4.38. The van der Waals surface area contributed by atoms with Crippen molar-refractivity contribution in [1.29, 1.82) is 5.26 Å². The lowest BCUT2D eigenvalue weighted by atomic mass is 10.0. The highest BCUT2D eigenvalue weighted by Gasteiger charge is 2.11. The Morgan fingerprint density at radius 3 is 2.59 bits per heavy atom. The SMILES string of the molecule is N#Cc1ccc(-c2ccc3c(c2)CCC3)cn1. The van der Waals surface area contributed by atoms with Gasteiger partial charge in [0, 0.05) is 11.8 Å². The van der Waals surface area contributed by atoms with Gasteiger partial charge in [0.25, 0.3) is 0 Å². The Balaban J connectivity index is 2.01. The smallest absolute Gasteiger partial charge is 0.140 e. The van der Waals surface area contributed by atoms with Crippen LogP contribution in [0.5, 0.6) is 0 Å². The highest BCUT2D eigenvalue weighted by Crippen LogP contribution is 2.27. The van der Waals surface area contributed by atoms with Gasteiger partial charge in [0.15, 0.2) is 0 Å². The van der Waals surface area contributed by atoms with Crippen LogP contribution in [0.25, 0.3) is 11.1 Å². The molecule has 0 bridgehead atoms. The minimum absolute atomic E-state index is 0.468. The number of fused-ring (bicyclic) bond motifs is 1. The second kappa shape index (κ2) is 4.03. The normalized spacial score (nSPS) is 13.1. The maximum absolute atomic E-state index is 8.71. The van der Waals surface area contributed by atoms with Gasteiger partial charge in [-0.15, -0.1) is 0 Å². The average Bonchev–Trinajstić information content (AvgIpc) is 2.86. The molecule has 2 aromatic rings.